The van der Waals surface area contributed by atoms with Crippen molar-refractivity contribution in [1.82, 2.24) is 5.32 Å². The number of benzene rings is 3. The highest BCUT2D eigenvalue weighted by Crippen LogP contribution is 2.26. The molecule has 0 saturated heterocycles. The van der Waals surface area contributed by atoms with Crippen molar-refractivity contribution < 1.29 is 28.6 Å². The molecule has 0 atom stereocenters. The first-order valence-corrected chi connectivity index (χ1v) is 9.44. The molecule has 2 amide bonds. The van der Waals surface area contributed by atoms with E-state index in [9.17, 15) is 23.9 Å². The van der Waals surface area contributed by atoms with Gasteiger partial charge in [0.15, 0.2) is 0 Å². The van der Waals surface area contributed by atoms with Gasteiger partial charge < -0.3 is 20.5 Å². The zero-order valence-corrected chi connectivity index (χ0v) is 17.0. The van der Waals surface area contributed by atoms with Crippen molar-refractivity contribution in [3.05, 3.63) is 101 Å². The van der Waals surface area contributed by atoms with Crippen LogP contribution in [0.4, 0.5) is 10.1 Å². The molecule has 0 spiro atoms. The summed E-state index contributed by atoms with van der Waals surface area (Å²) in [6.45, 7) is 0. The lowest BCUT2D eigenvalue weighted by Gasteiger charge is -2.14. The lowest BCUT2D eigenvalue weighted by Crippen LogP contribution is -2.31. The Balaban J connectivity index is 1.97. The number of halogens is 1. The number of carboxylic acid groups (broad SMARTS) is 1. The molecule has 8 heteroatoms. The van der Waals surface area contributed by atoms with Gasteiger partial charge in [-0.1, -0.05) is 36.4 Å². The molecular formula is C24H19FN2O5. The Hall–Kier alpha value is -4.46. The molecule has 0 aliphatic carbocycles. The number of hydrogen-bond donors (Lipinski definition) is 3. The quantitative estimate of drug-likeness (QED) is 0.489. The Morgan fingerprint density at radius 2 is 1.62 bits per heavy atom. The Labute approximate surface area is 183 Å². The van der Waals surface area contributed by atoms with Crippen LogP contribution in [0.25, 0.3) is 6.08 Å². The van der Waals surface area contributed by atoms with E-state index in [1.807, 2.05) is 0 Å². The van der Waals surface area contributed by atoms with Crippen LogP contribution in [0.2, 0.25) is 0 Å². The number of carbonyl (C=O) groups excluding carboxylic acids is 2. The van der Waals surface area contributed by atoms with Gasteiger partial charge >= 0.3 is 5.97 Å². The number of carboxylic acids is 1. The average Bonchev–Trinajstić information content (AvgIpc) is 2.80. The number of rotatable bonds is 7. The molecule has 3 aromatic rings. The number of hydrogen-bond acceptors (Lipinski definition) is 4. The van der Waals surface area contributed by atoms with Gasteiger partial charge in [0.1, 0.15) is 17.3 Å². The molecule has 0 fully saturated rings. The highest BCUT2D eigenvalue weighted by Gasteiger charge is 2.18. The second-order valence-electron chi connectivity index (χ2n) is 6.57. The van der Waals surface area contributed by atoms with Crippen LogP contribution >= 0.6 is 0 Å². The molecule has 3 aromatic carbocycles. The number of aromatic carboxylic acids is 1. The number of anilines is 1. The summed E-state index contributed by atoms with van der Waals surface area (Å²) in [5.41, 5.74) is 0.133. The van der Waals surface area contributed by atoms with E-state index in [4.69, 9.17) is 4.74 Å². The van der Waals surface area contributed by atoms with Gasteiger partial charge in [-0.15, -0.1) is 0 Å². The van der Waals surface area contributed by atoms with Crippen molar-refractivity contribution >= 4 is 29.5 Å². The molecule has 0 bridgehead atoms. The van der Waals surface area contributed by atoms with E-state index in [2.05, 4.69) is 10.6 Å². The van der Waals surface area contributed by atoms with Gasteiger partial charge in [-0.05, 0) is 42.5 Å². The van der Waals surface area contributed by atoms with Crippen LogP contribution in [0, 0.1) is 5.82 Å². The first-order chi connectivity index (χ1) is 15.4. The summed E-state index contributed by atoms with van der Waals surface area (Å²) >= 11 is 0. The Morgan fingerprint density at radius 3 is 2.28 bits per heavy atom. The van der Waals surface area contributed by atoms with Crippen molar-refractivity contribution in [2.24, 2.45) is 0 Å². The van der Waals surface area contributed by atoms with Crippen LogP contribution in [0.1, 0.15) is 26.3 Å². The van der Waals surface area contributed by atoms with Crippen LogP contribution in [-0.4, -0.2) is 30.0 Å². The molecule has 3 N–H and O–H groups in total. The normalized spacial score (nSPS) is 10.9. The molecule has 0 saturated carbocycles. The number of ether oxygens (including phenoxy) is 1. The minimum atomic E-state index is -1.19. The maximum Gasteiger partial charge on any atom is 0.335 e. The predicted molar refractivity (Wildman–Crippen MR) is 117 cm³/mol. The molecular weight excluding hydrogens is 415 g/mol. The Kier molecular flexibility index (Phi) is 6.97. The molecule has 0 heterocycles. The standard InChI is InChI=1S/C24H19FN2O5/c1-32-21-12-11-17(24(30)31)14-19(21)26-23(29)20(13-16-9-5-6-10-18(16)25)27-22(28)15-7-3-2-4-8-15/h2-14H,1H3,(H,26,29)(H,27,28)(H,30,31). The molecule has 0 unspecified atom stereocenters. The largest absolute Gasteiger partial charge is 0.495 e. The second kappa shape index (κ2) is 10.0. The first kappa shape index (κ1) is 22.2. The number of amides is 2. The first-order valence-electron chi connectivity index (χ1n) is 9.44. The minimum absolute atomic E-state index is 0.0748. The molecule has 0 aromatic heterocycles. The summed E-state index contributed by atoms with van der Waals surface area (Å²) in [6, 6.07) is 17.9. The van der Waals surface area contributed by atoms with Crippen molar-refractivity contribution in [2.45, 2.75) is 0 Å². The minimum Gasteiger partial charge on any atom is -0.495 e. The highest BCUT2D eigenvalue weighted by molar-refractivity contribution is 6.11. The Bertz CT molecular complexity index is 1190. The molecule has 3 rings (SSSR count). The maximum absolute atomic E-state index is 14.2. The van der Waals surface area contributed by atoms with E-state index < -0.39 is 23.6 Å². The predicted octanol–water partition coefficient (Wildman–Crippen LogP) is 3.94. The third-order valence-corrected chi connectivity index (χ3v) is 4.43. The Morgan fingerprint density at radius 1 is 0.938 bits per heavy atom. The lowest BCUT2D eigenvalue weighted by atomic mass is 10.1. The van der Waals surface area contributed by atoms with Gasteiger partial charge in [-0.3, -0.25) is 9.59 Å². The van der Waals surface area contributed by atoms with Crippen LogP contribution < -0.4 is 15.4 Å². The molecule has 162 valence electrons. The topological polar surface area (TPSA) is 105 Å². The van der Waals surface area contributed by atoms with Gasteiger partial charge in [-0.25, -0.2) is 9.18 Å². The third-order valence-electron chi connectivity index (χ3n) is 4.43. The molecule has 7 nitrogen and oxygen atoms in total. The van der Waals surface area contributed by atoms with Gasteiger partial charge in [0, 0.05) is 11.1 Å². The van der Waals surface area contributed by atoms with Crippen LogP contribution in [0.5, 0.6) is 5.75 Å². The monoisotopic (exact) mass is 434 g/mol. The summed E-state index contributed by atoms with van der Waals surface area (Å²) in [5, 5.41) is 14.2. The summed E-state index contributed by atoms with van der Waals surface area (Å²) < 4.78 is 19.4. The fourth-order valence-corrected chi connectivity index (χ4v) is 2.82. The van der Waals surface area contributed by atoms with Crippen molar-refractivity contribution in [3.8, 4) is 5.75 Å². The van der Waals surface area contributed by atoms with Gasteiger partial charge in [-0.2, -0.15) is 0 Å². The number of methoxy groups -OCH3 is 1. The maximum atomic E-state index is 14.2. The second-order valence-corrected chi connectivity index (χ2v) is 6.57. The summed E-state index contributed by atoms with van der Waals surface area (Å²) in [5.74, 6) is -2.93. The van der Waals surface area contributed by atoms with E-state index in [0.29, 0.717) is 5.56 Å². The highest BCUT2D eigenvalue weighted by atomic mass is 19.1. The van der Waals surface area contributed by atoms with E-state index in [1.165, 1.54) is 49.6 Å². The van der Waals surface area contributed by atoms with E-state index >= 15 is 0 Å². The summed E-state index contributed by atoms with van der Waals surface area (Å²) in [7, 11) is 1.36. The number of carbonyl (C=O) groups is 3. The van der Waals surface area contributed by atoms with E-state index in [1.54, 1.807) is 36.4 Å². The van der Waals surface area contributed by atoms with Gasteiger partial charge in [0.2, 0.25) is 0 Å². The van der Waals surface area contributed by atoms with E-state index in [-0.39, 0.29) is 28.3 Å². The van der Waals surface area contributed by atoms with Crippen LogP contribution in [0.15, 0.2) is 78.5 Å². The van der Waals surface area contributed by atoms with Crippen molar-refractivity contribution in [2.75, 3.05) is 12.4 Å². The van der Waals surface area contributed by atoms with Crippen molar-refractivity contribution in [3.63, 3.8) is 0 Å². The van der Waals surface area contributed by atoms with Crippen LogP contribution in [0.3, 0.4) is 0 Å². The third kappa shape index (κ3) is 5.37. The summed E-state index contributed by atoms with van der Waals surface area (Å²) in [4.78, 5) is 36.9. The zero-order chi connectivity index (χ0) is 23.1. The number of nitrogens with one attached hydrogen (secondary N) is 2. The van der Waals surface area contributed by atoms with Crippen molar-refractivity contribution in [1.29, 1.82) is 0 Å². The molecule has 0 aliphatic rings. The fraction of sp³-hybridized carbons (Fsp3) is 0.0417. The average molecular weight is 434 g/mol. The zero-order valence-electron chi connectivity index (χ0n) is 17.0. The molecule has 0 aliphatic heterocycles. The molecule has 0 radical (unpaired) electrons. The van der Waals surface area contributed by atoms with Gasteiger partial charge in [0.25, 0.3) is 11.8 Å². The van der Waals surface area contributed by atoms with E-state index in [0.717, 1.165) is 0 Å². The van der Waals surface area contributed by atoms with Gasteiger partial charge in [0.05, 0.1) is 18.4 Å². The lowest BCUT2D eigenvalue weighted by molar-refractivity contribution is -0.113. The molecule has 32 heavy (non-hydrogen) atoms. The SMILES string of the molecule is COc1ccc(C(=O)O)cc1NC(=O)C(=Cc1ccccc1F)NC(=O)c1ccccc1. The fourth-order valence-electron chi connectivity index (χ4n) is 2.82. The van der Waals surface area contributed by atoms with Crippen LogP contribution in [-0.2, 0) is 4.79 Å². The smallest absolute Gasteiger partial charge is 0.335 e. The summed E-state index contributed by atoms with van der Waals surface area (Å²) in [6.07, 6.45) is 1.19.